The molecule has 0 atom stereocenters. The zero-order valence-electron chi connectivity index (χ0n) is 17.3. The molecule has 3 rings (SSSR count). The van der Waals surface area contributed by atoms with Crippen molar-refractivity contribution in [3.05, 3.63) is 59.1 Å². The van der Waals surface area contributed by atoms with Gasteiger partial charge in [0.2, 0.25) is 5.91 Å². The van der Waals surface area contributed by atoms with Crippen molar-refractivity contribution in [2.75, 3.05) is 24.3 Å². The first-order chi connectivity index (χ1) is 14.8. The molecule has 1 aromatic heterocycles. The van der Waals surface area contributed by atoms with Crippen LogP contribution in [0, 0.1) is 6.92 Å². The van der Waals surface area contributed by atoms with Gasteiger partial charge >= 0.3 is 0 Å². The fraction of sp³-hybridized carbons (Fsp3) is 0.238. The third kappa shape index (κ3) is 5.96. The maximum absolute atomic E-state index is 12.5. The predicted octanol–water partition coefficient (Wildman–Crippen LogP) is 3.84. The number of rotatable bonds is 9. The number of sulfonamides is 1. The van der Waals surface area contributed by atoms with Crippen LogP contribution in [0.2, 0.25) is 0 Å². The maximum atomic E-state index is 12.5. The van der Waals surface area contributed by atoms with Gasteiger partial charge in [0.25, 0.3) is 10.0 Å². The molecule has 0 aliphatic carbocycles. The van der Waals surface area contributed by atoms with Crippen molar-refractivity contribution < 1.29 is 22.7 Å². The average Bonchev–Trinajstić information content (AvgIpc) is 3.19. The summed E-state index contributed by atoms with van der Waals surface area (Å²) >= 11 is 1.18. The fourth-order valence-electron chi connectivity index (χ4n) is 2.74. The Morgan fingerprint density at radius 2 is 1.77 bits per heavy atom. The molecule has 2 aromatic carbocycles. The van der Waals surface area contributed by atoms with Crippen LogP contribution in [0.4, 0.5) is 10.8 Å². The normalized spacial score (nSPS) is 11.1. The number of carbonyl (C=O) groups excluding carboxylic acids is 1. The van der Waals surface area contributed by atoms with Gasteiger partial charge in [0, 0.05) is 23.6 Å². The number of aromatic nitrogens is 1. The first-order valence-electron chi connectivity index (χ1n) is 9.36. The number of nitrogens with one attached hydrogen (secondary N) is 2. The minimum absolute atomic E-state index is 0.171. The van der Waals surface area contributed by atoms with Gasteiger partial charge in [-0.3, -0.25) is 9.52 Å². The van der Waals surface area contributed by atoms with Crippen molar-refractivity contribution in [3.8, 4) is 11.5 Å². The molecule has 3 aromatic rings. The van der Waals surface area contributed by atoms with Gasteiger partial charge in [-0.05, 0) is 37.6 Å². The summed E-state index contributed by atoms with van der Waals surface area (Å²) in [6, 6.07) is 11.7. The van der Waals surface area contributed by atoms with E-state index < -0.39 is 10.0 Å². The molecular formula is C21H23N3O5S2. The minimum Gasteiger partial charge on any atom is -0.493 e. The summed E-state index contributed by atoms with van der Waals surface area (Å²) in [6.45, 7) is 1.89. The van der Waals surface area contributed by atoms with Crippen LogP contribution < -0.4 is 19.5 Å². The lowest BCUT2D eigenvalue weighted by Gasteiger charge is -2.10. The molecule has 31 heavy (non-hydrogen) atoms. The number of methoxy groups -OCH3 is 2. The molecule has 2 N–H and O–H groups in total. The van der Waals surface area contributed by atoms with Crippen LogP contribution >= 0.6 is 11.3 Å². The predicted molar refractivity (Wildman–Crippen MR) is 121 cm³/mol. The first kappa shape index (κ1) is 22.6. The van der Waals surface area contributed by atoms with Crippen LogP contribution in [0.15, 0.2) is 52.7 Å². The number of benzene rings is 2. The second kappa shape index (κ2) is 9.80. The van der Waals surface area contributed by atoms with E-state index in [0.717, 1.165) is 5.56 Å². The fourth-order valence-corrected chi connectivity index (χ4v) is 4.74. The van der Waals surface area contributed by atoms with Crippen LogP contribution in [0.1, 0.15) is 17.7 Å². The quantitative estimate of drug-likeness (QED) is 0.501. The molecule has 8 nitrogen and oxygen atoms in total. The summed E-state index contributed by atoms with van der Waals surface area (Å²) in [7, 11) is -0.640. The number of ether oxygens (including phenoxy) is 2. The second-order valence-electron chi connectivity index (χ2n) is 6.68. The van der Waals surface area contributed by atoms with E-state index in [1.807, 2.05) is 6.92 Å². The van der Waals surface area contributed by atoms with Crippen molar-refractivity contribution in [2.24, 2.45) is 0 Å². The van der Waals surface area contributed by atoms with Crippen LogP contribution in [0.25, 0.3) is 0 Å². The molecule has 0 bridgehead atoms. The van der Waals surface area contributed by atoms with E-state index in [4.69, 9.17) is 9.47 Å². The summed E-state index contributed by atoms with van der Waals surface area (Å²) in [5.74, 6) is 0.899. The number of aryl methyl sites for hydroxylation is 2. The van der Waals surface area contributed by atoms with E-state index in [2.05, 4.69) is 15.0 Å². The highest BCUT2D eigenvalue weighted by molar-refractivity contribution is 7.93. The number of thiazole rings is 1. The summed E-state index contributed by atoms with van der Waals surface area (Å²) < 4.78 is 37.8. The van der Waals surface area contributed by atoms with Gasteiger partial charge in [-0.15, -0.1) is 11.3 Å². The maximum Gasteiger partial charge on any atom is 0.263 e. The molecule has 0 spiro atoms. The van der Waals surface area contributed by atoms with Crippen molar-refractivity contribution in [1.82, 2.24) is 4.98 Å². The third-order valence-corrected chi connectivity index (χ3v) is 6.67. The van der Waals surface area contributed by atoms with Crippen LogP contribution in [0.5, 0.6) is 11.5 Å². The summed E-state index contributed by atoms with van der Waals surface area (Å²) in [5, 5.41) is 4.79. The van der Waals surface area contributed by atoms with Gasteiger partial charge in [-0.2, -0.15) is 0 Å². The van der Waals surface area contributed by atoms with Gasteiger partial charge in [-0.1, -0.05) is 17.7 Å². The molecule has 0 unspecified atom stereocenters. The summed E-state index contributed by atoms with van der Waals surface area (Å²) in [4.78, 5) is 16.7. The van der Waals surface area contributed by atoms with Gasteiger partial charge < -0.3 is 14.8 Å². The molecule has 0 aliphatic heterocycles. The molecule has 0 saturated heterocycles. The largest absolute Gasteiger partial charge is 0.493 e. The Bertz CT molecular complexity index is 1160. The van der Waals surface area contributed by atoms with Crippen molar-refractivity contribution >= 4 is 38.1 Å². The van der Waals surface area contributed by atoms with E-state index in [1.165, 1.54) is 18.4 Å². The molecule has 0 saturated carbocycles. The Morgan fingerprint density at radius 1 is 1.06 bits per heavy atom. The number of carbonyl (C=O) groups is 1. The Kier molecular flexibility index (Phi) is 7.13. The molecule has 1 heterocycles. The Labute approximate surface area is 185 Å². The molecule has 10 heteroatoms. The third-order valence-electron chi connectivity index (χ3n) is 4.38. The lowest BCUT2D eigenvalue weighted by atomic mass is 10.2. The van der Waals surface area contributed by atoms with Gasteiger partial charge in [0.15, 0.2) is 16.6 Å². The topological polar surface area (TPSA) is 107 Å². The zero-order chi connectivity index (χ0) is 22.4. The van der Waals surface area contributed by atoms with E-state index in [-0.39, 0.29) is 22.4 Å². The van der Waals surface area contributed by atoms with Crippen LogP contribution in [0.3, 0.4) is 0 Å². The minimum atomic E-state index is -3.70. The standard InChI is InChI=1S/C21H23N3O5S2/c1-14-4-8-17(9-5-14)31(26,27)24-21-23-16(13-30-21)7-11-20(25)22-15-6-10-18(28-2)19(12-15)29-3/h4-6,8-10,12-13H,7,11H2,1-3H3,(H,22,25)(H,23,24). The monoisotopic (exact) mass is 461 g/mol. The lowest BCUT2D eigenvalue weighted by Crippen LogP contribution is -2.13. The number of anilines is 2. The SMILES string of the molecule is COc1ccc(NC(=O)CCc2csc(NS(=O)(=O)c3ccc(C)cc3)n2)cc1OC. The summed E-state index contributed by atoms with van der Waals surface area (Å²) in [5.41, 5.74) is 2.20. The molecule has 164 valence electrons. The van der Waals surface area contributed by atoms with Crippen molar-refractivity contribution in [2.45, 2.75) is 24.7 Å². The number of hydrogen-bond donors (Lipinski definition) is 2. The van der Waals surface area contributed by atoms with E-state index in [0.29, 0.717) is 29.3 Å². The highest BCUT2D eigenvalue weighted by Gasteiger charge is 2.16. The smallest absolute Gasteiger partial charge is 0.263 e. The number of amides is 1. The molecular weight excluding hydrogens is 438 g/mol. The van der Waals surface area contributed by atoms with Crippen molar-refractivity contribution in [3.63, 3.8) is 0 Å². The molecule has 0 aliphatic rings. The highest BCUT2D eigenvalue weighted by Crippen LogP contribution is 2.29. The zero-order valence-corrected chi connectivity index (χ0v) is 19.0. The van der Waals surface area contributed by atoms with E-state index >= 15 is 0 Å². The summed E-state index contributed by atoms with van der Waals surface area (Å²) in [6.07, 6.45) is 0.574. The number of hydrogen-bond acceptors (Lipinski definition) is 7. The van der Waals surface area contributed by atoms with Gasteiger partial charge in [0.1, 0.15) is 0 Å². The Hall–Kier alpha value is -3.11. The lowest BCUT2D eigenvalue weighted by molar-refractivity contribution is -0.116. The van der Waals surface area contributed by atoms with Crippen LogP contribution in [-0.2, 0) is 21.2 Å². The highest BCUT2D eigenvalue weighted by atomic mass is 32.2. The van der Waals surface area contributed by atoms with E-state index in [9.17, 15) is 13.2 Å². The Morgan fingerprint density at radius 3 is 2.45 bits per heavy atom. The van der Waals surface area contributed by atoms with Gasteiger partial charge in [0.05, 0.1) is 24.8 Å². The van der Waals surface area contributed by atoms with Crippen LogP contribution in [-0.4, -0.2) is 33.5 Å². The molecule has 0 fully saturated rings. The Balaban J connectivity index is 1.56. The first-order valence-corrected chi connectivity index (χ1v) is 11.7. The van der Waals surface area contributed by atoms with E-state index in [1.54, 1.807) is 55.0 Å². The van der Waals surface area contributed by atoms with Crippen molar-refractivity contribution in [1.29, 1.82) is 0 Å². The second-order valence-corrected chi connectivity index (χ2v) is 9.22. The molecule has 1 amide bonds. The van der Waals surface area contributed by atoms with Gasteiger partial charge in [-0.25, -0.2) is 13.4 Å². The average molecular weight is 462 g/mol. The number of nitrogens with zero attached hydrogens (tertiary/aromatic N) is 1. The molecule has 0 radical (unpaired) electrons.